The Morgan fingerprint density at radius 1 is 0.450 bits per heavy atom. The highest BCUT2D eigenvalue weighted by Crippen LogP contribution is 2.36. The Morgan fingerprint density at radius 3 is 1.52 bits per heavy atom. The topological polar surface area (TPSA) is 369 Å². The third-order valence-electron chi connectivity index (χ3n) is 22.0. The molecule has 0 saturated carbocycles. The van der Waals surface area contributed by atoms with Gasteiger partial charge >= 0.3 is 11.9 Å². The van der Waals surface area contributed by atoms with Crippen molar-refractivity contribution in [2.45, 2.75) is 141 Å². The molecule has 24 nitrogen and oxygen atoms in total. The Labute approximate surface area is 694 Å². The van der Waals surface area contributed by atoms with E-state index in [2.05, 4.69) is 60.5 Å². The highest BCUT2D eigenvalue weighted by molar-refractivity contribution is 6.31. The van der Waals surface area contributed by atoms with Gasteiger partial charge in [0, 0.05) is 106 Å². The van der Waals surface area contributed by atoms with Gasteiger partial charge in [0.15, 0.2) is 28.9 Å². The lowest BCUT2D eigenvalue weighted by molar-refractivity contribution is -0.138. The summed E-state index contributed by atoms with van der Waals surface area (Å²) in [4.78, 5) is 179. The van der Waals surface area contributed by atoms with Crippen LogP contribution in [-0.4, -0.2) is 91.4 Å². The van der Waals surface area contributed by atoms with Gasteiger partial charge in [-0.2, -0.15) is 0 Å². The molecule has 0 bridgehead atoms. The van der Waals surface area contributed by atoms with Crippen molar-refractivity contribution in [1.82, 2.24) is 9.97 Å². The quantitative estimate of drug-likeness (QED) is 0.0292. The Kier molecular flexibility index (Phi) is 27.6. The molecule has 4 aliphatic rings. The van der Waals surface area contributed by atoms with E-state index in [9.17, 15) is 72.2 Å². The fourth-order valence-electron chi connectivity index (χ4n) is 12.7. The number of amides is 6. The lowest BCUT2D eigenvalue weighted by Crippen LogP contribution is -2.32. The van der Waals surface area contributed by atoms with Gasteiger partial charge in [-0.15, -0.1) is 0 Å². The van der Waals surface area contributed by atoms with Gasteiger partial charge in [0.25, 0.3) is 17.4 Å². The Hall–Kier alpha value is -14.0. The van der Waals surface area contributed by atoms with Crippen molar-refractivity contribution >= 4 is 127 Å². The van der Waals surface area contributed by atoms with Gasteiger partial charge in [-0.3, -0.25) is 62.3 Å². The highest BCUT2D eigenvalue weighted by atomic mass is 16.6. The van der Waals surface area contributed by atoms with Crippen LogP contribution in [0.15, 0.2) is 199 Å². The van der Waals surface area contributed by atoms with Crippen LogP contribution >= 0.6 is 0 Å². The number of carbonyl (C=O) groups excluding carboxylic acids is 13. The maximum absolute atomic E-state index is 13.0. The van der Waals surface area contributed by atoms with Crippen LogP contribution in [0.3, 0.4) is 0 Å². The number of hydrogen-bond acceptors (Lipinski definition) is 17. The number of rotatable bonds is 18. The summed E-state index contributed by atoms with van der Waals surface area (Å²) in [6, 6.07) is 52.4. The van der Waals surface area contributed by atoms with Gasteiger partial charge in [-0.25, -0.2) is 9.78 Å². The average molecular weight is 1620 g/mol. The van der Waals surface area contributed by atoms with E-state index in [1.165, 1.54) is 17.7 Å². The van der Waals surface area contributed by atoms with Crippen molar-refractivity contribution in [2.75, 3.05) is 31.9 Å². The van der Waals surface area contributed by atoms with E-state index in [4.69, 9.17) is 0 Å². The first-order chi connectivity index (χ1) is 56.9. The number of nitrogens with zero attached hydrogens (tertiary/aromatic N) is 1. The molecule has 1 aromatic heterocycles. The fraction of sp³-hybridized carbons (Fsp3) is 0.260. The number of para-hydroxylation sites is 1. The van der Waals surface area contributed by atoms with Crippen LogP contribution < -0.4 is 37.5 Å². The van der Waals surface area contributed by atoms with Gasteiger partial charge in [-0.1, -0.05) is 187 Å². The molecule has 0 saturated heterocycles. The zero-order valence-electron chi connectivity index (χ0n) is 69.4. The molecule has 120 heavy (non-hydrogen) atoms. The summed E-state index contributed by atoms with van der Waals surface area (Å²) in [7, 11) is 0. The van der Waals surface area contributed by atoms with E-state index in [0.717, 1.165) is 19.3 Å². The summed E-state index contributed by atoms with van der Waals surface area (Å²) in [5.41, 5.74) is 8.14. The lowest BCUT2D eigenvalue weighted by atomic mass is 9.83. The molecule has 9 aromatic carbocycles. The molecular formula is C96H96N8O16. The van der Waals surface area contributed by atoms with E-state index >= 15 is 0 Å². The van der Waals surface area contributed by atoms with E-state index < -0.39 is 34.1 Å². The van der Waals surface area contributed by atoms with Gasteiger partial charge in [0.05, 0.1) is 40.0 Å². The number of ether oxygens (including phenoxy) is 1. The minimum absolute atomic E-state index is 0.0436. The van der Waals surface area contributed by atoms with Gasteiger partial charge < -0.3 is 46.7 Å². The van der Waals surface area contributed by atoms with Gasteiger partial charge in [-0.05, 0) is 147 Å². The molecule has 10 aromatic rings. The average Bonchev–Trinajstić information content (AvgIpc) is 0.899. The molecule has 0 spiro atoms. The first-order valence-corrected chi connectivity index (χ1v) is 39.6. The summed E-state index contributed by atoms with van der Waals surface area (Å²) >= 11 is 0. The summed E-state index contributed by atoms with van der Waals surface area (Å²) in [6.07, 6.45) is 5.11. The van der Waals surface area contributed by atoms with E-state index in [-0.39, 0.29) is 98.8 Å². The molecule has 14 rings (SSSR count). The summed E-state index contributed by atoms with van der Waals surface area (Å²) in [6.45, 7) is 26.8. The van der Waals surface area contributed by atoms with E-state index in [1.54, 1.807) is 177 Å². The number of cyclic esters (lactones) is 2. The van der Waals surface area contributed by atoms with Crippen molar-refractivity contribution in [1.29, 1.82) is 0 Å². The first-order valence-electron chi connectivity index (χ1n) is 39.6. The molecule has 616 valence electrons. The summed E-state index contributed by atoms with van der Waals surface area (Å²) in [5, 5.41) is 26.9. The third kappa shape index (κ3) is 20.0. The Bertz CT molecular complexity index is 5910. The maximum atomic E-state index is 13.0. The van der Waals surface area contributed by atoms with Crippen molar-refractivity contribution in [3.63, 3.8) is 0 Å². The van der Waals surface area contributed by atoms with Crippen LogP contribution in [0.25, 0.3) is 16.7 Å². The number of benzene rings is 9. The van der Waals surface area contributed by atoms with E-state index in [1.807, 2.05) is 88.3 Å². The minimum atomic E-state index is -0.707. The monoisotopic (exact) mass is 1620 g/mol. The molecule has 2 unspecified atom stereocenters. The number of carbonyl (C=O) groups is 13. The highest BCUT2D eigenvalue weighted by Gasteiger charge is 2.36. The number of nitrogens with one attached hydrogen (secondary N) is 7. The molecule has 0 radical (unpaired) electrons. The number of anilines is 6. The largest absolute Gasteiger partial charge is 0.507 e. The van der Waals surface area contributed by atoms with Gasteiger partial charge in [0.1, 0.15) is 17.1 Å². The zero-order chi connectivity index (χ0) is 87.4. The van der Waals surface area contributed by atoms with Crippen molar-refractivity contribution in [2.24, 2.45) is 22.2 Å². The van der Waals surface area contributed by atoms with Crippen molar-refractivity contribution in [3.8, 4) is 0 Å². The number of aliphatic hydroxyl groups excluding tert-OH is 1. The molecular weight excluding hydrogens is 1520 g/mol. The normalized spacial score (nSPS) is 13.3. The standard InChI is InChI=1S/C27H24N2O4.C25H21NO3.C15H19N3O2.C15H17NO4.C14H15NO3/c1-4-27(2,3)26(33)29-17-9-7-8-16(14-17)25(32)28-18-12-13-21-22(15-18)24(31)20-11-6-5-10-19(20)23(21)30;1-3-15(2)16-11-13-17(14-12-16)25(29)26-21-10-6-9-20-22(21)24(28)19-8-5-4-7-18(19)23(20)27;1-5-15(3,4)14(20)18-11-8-6-7-10-12(11)16-9(2)17-13(10)19;1-4-15(2,3)14(19)16-10-7-5-6-9-8-11(17)20-13(18)12(9)10;1-3-8(2)14(18)15-9-4-5-10-11(6-9)13(17)7-12(10)16/h5-15H,4H2,1-3H3,(H,28,32)(H,29,33);4-15H,3H2,1-2H3,(H,26,29);6-8H,5H2,1-4H3,(H,18,20)(H,16,17,19);5-7H,4,8H2,1-3H3,(H,16,19);4-8,17H,3H2,1-2H3,(H,15,18). The predicted molar refractivity (Wildman–Crippen MR) is 462 cm³/mol. The fourth-order valence-corrected chi connectivity index (χ4v) is 12.7. The van der Waals surface area contributed by atoms with Crippen LogP contribution in [0.1, 0.15) is 256 Å². The number of aryl methyl sites for hydroxylation is 1. The minimum Gasteiger partial charge on any atom is -0.507 e. The number of esters is 2. The number of aromatic amines is 1. The molecule has 2 heterocycles. The molecule has 6 amide bonds. The number of allylic oxidation sites excluding steroid dienone is 1. The second-order valence-electron chi connectivity index (χ2n) is 31.5. The van der Waals surface area contributed by atoms with Crippen LogP contribution in [-0.2, 0) is 35.1 Å². The third-order valence-corrected chi connectivity index (χ3v) is 22.0. The number of H-pyrrole nitrogens is 1. The second-order valence-corrected chi connectivity index (χ2v) is 31.5. The maximum Gasteiger partial charge on any atom is 0.348 e. The van der Waals surface area contributed by atoms with Crippen LogP contribution in [0.5, 0.6) is 0 Å². The van der Waals surface area contributed by atoms with Crippen molar-refractivity contribution in [3.05, 3.63) is 294 Å². The summed E-state index contributed by atoms with van der Waals surface area (Å²) < 4.78 is 4.62. The first kappa shape index (κ1) is 88.3. The SMILES string of the molecule is CCC(C)(C)C(=O)Nc1cccc(C(=O)Nc2ccc3c(c2)C(=O)c2ccccc2C3=O)c1.CCC(C)(C)C(=O)Nc1cccc2c(=O)[nH]c(C)nc12.CCC(C)(C)C(=O)Nc1cccc2c1C(=O)OC(=O)C2.CCC(C)C(=O)Nc1ccc2c(c1)C(O)=CC2=O.CCC(C)c1ccc(C(=O)Nc2cccc3c2C(=O)c2ccccc2C3=O)cc1. The number of ketones is 5. The number of hydrogen-bond donors (Lipinski definition) is 8. The molecule has 0 fully saturated rings. The van der Waals surface area contributed by atoms with Crippen molar-refractivity contribution < 1.29 is 72.2 Å². The van der Waals surface area contributed by atoms with E-state index in [0.29, 0.717) is 131 Å². The van der Waals surface area contributed by atoms with Gasteiger partial charge in [0.2, 0.25) is 23.6 Å². The number of aromatic nitrogens is 2. The van der Waals surface area contributed by atoms with Crippen LogP contribution in [0, 0.1) is 29.1 Å². The van der Waals surface area contributed by atoms with Crippen LogP contribution in [0.4, 0.5) is 34.1 Å². The van der Waals surface area contributed by atoms with Crippen LogP contribution in [0.2, 0.25) is 0 Å². The molecule has 3 aliphatic carbocycles. The second kappa shape index (κ2) is 37.5. The number of aliphatic hydroxyl groups is 1. The molecule has 1 aliphatic heterocycles. The lowest BCUT2D eigenvalue weighted by Gasteiger charge is -2.23. The Morgan fingerprint density at radius 2 is 0.925 bits per heavy atom. The molecule has 24 heteroatoms. The summed E-state index contributed by atoms with van der Waals surface area (Å²) in [5.74, 6) is -2.70. The smallest absolute Gasteiger partial charge is 0.348 e. The predicted octanol–water partition coefficient (Wildman–Crippen LogP) is 18.0. The molecule has 2 atom stereocenters. The zero-order valence-corrected chi connectivity index (χ0v) is 69.4. The molecule has 8 N–H and O–H groups in total. The Balaban J connectivity index is 0.000000161. The number of fused-ring (bicyclic) bond motifs is 7.